The monoisotopic (exact) mass is 464 g/mol. The first-order chi connectivity index (χ1) is 14.6. The molecule has 0 spiro atoms. The van der Waals surface area contributed by atoms with Crippen molar-refractivity contribution in [3.63, 3.8) is 0 Å². The van der Waals surface area contributed by atoms with E-state index in [0.29, 0.717) is 34.5 Å². The first-order valence-corrected chi connectivity index (χ1v) is 11.3. The Kier molecular flexibility index (Phi) is 7.53. The van der Waals surface area contributed by atoms with E-state index < -0.39 is 5.60 Å². The maximum Gasteiger partial charge on any atom is 0.221 e. The molecule has 2 aromatic rings. The number of carbonyl (C=O) groups is 1. The number of likely N-dealkylation sites (tertiary alicyclic amines) is 1. The van der Waals surface area contributed by atoms with Crippen molar-refractivity contribution in [2.24, 2.45) is 5.41 Å². The second-order valence-corrected chi connectivity index (χ2v) is 9.67. The molecule has 2 aromatic carbocycles. The van der Waals surface area contributed by atoms with Gasteiger partial charge in [0, 0.05) is 42.0 Å². The summed E-state index contributed by atoms with van der Waals surface area (Å²) in [6, 6.07) is 12.7. The molecule has 1 aliphatic rings. The number of aliphatic hydroxyl groups is 1. The lowest BCUT2D eigenvalue weighted by atomic mass is 9.66. The summed E-state index contributed by atoms with van der Waals surface area (Å²) in [5.41, 5.74) is 0.292. The average Bonchev–Trinajstić information content (AvgIpc) is 2.69. The second-order valence-electron chi connectivity index (χ2n) is 8.80. The zero-order valence-corrected chi connectivity index (χ0v) is 19.8. The molecule has 0 saturated carbocycles. The molecule has 5 nitrogen and oxygen atoms in total. The fourth-order valence-electron chi connectivity index (χ4n) is 4.26. The van der Waals surface area contributed by atoms with Crippen LogP contribution in [0.25, 0.3) is 0 Å². The van der Waals surface area contributed by atoms with Gasteiger partial charge < -0.3 is 20.1 Å². The number of piperidine rings is 1. The Bertz CT molecular complexity index is 918. The summed E-state index contributed by atoms with van der Waals surface area (Å²) in [7, 11) is 0. The average molecular weight is 465 g/mol. The van der Waals surface area contributed by atoms with Crippen LogP contribution in [-0.2, 0) is 10.4 Å². The molecule has 1 atom stereocenters. The lowest BCUT2D eigenvalue weighted by molar-refractivity contribution is -0.125. The number of amides is 1. The van der Waals surface area contributed by atoms with Crippen molar-refractivity contribution in [1.82, 2.24) is 4.90 Å². The predicted molar refractivity (Wildman–Crippen MR) is 126 cm³/mol. The highest BCUT2D eigenvalue weighted by molar-refractivity contribution is 6.31. The van der Waals surface area contributed by atoms with Crippen LogP contribution in [0.4, 0.5) is 5.69 Å². The van der Waals surface area contributed by atoms with Crippen molar-refractivity contribution in [1.29, 1.82) is 0 Å². The Hall–Kier alpha value is -1.79. The molecule has 1 saturated heterocycles. The van der Waals surface area contributed by atoms with E-state index in [4.69, 9.17) is 27.9 Å². The van der Waals surface area contributed by atoms with Crippen molar-refractivity contribution >= 4 is 34.8 Å². The third kappa shape index (κ3) is 5.72. The maximum absolute atomic E-state index is 11.5. The Balaban J connectivity index is 1.54. The van der Waals surface area contributed by atoms with Crippen LogP contribution >= 0.6 is 23.2 Å². The summed E-state index contributed by atoms with van der Waals surface area (Å²) in [6.07, 6.45) is 1.49. The summed E-state index contributed by atoms with van der Waals surface area (Å²) in [5.74, 6) is 0.437. The number of nitrogens with zero attached hydrogens (tertiary/aromatic N) is 1. The molecule has 1 unspecified atom stereocenters. The first kappa shape index (κ1) is 23.9. The highest BCUT2D eigenvalue weighted by atomic mass is 35.5. The molecule has 0 aliphatic carbocycles. The largest absolute Gasteiger partial charge is 0.491 e. The summed E-state index contributed by atoms with van der Waals surface area (Å²) in [4.78, 5) is 13.8. The number of anilines is 1. The van der Waals surface area contributed by atoms with Crippen molar-refractivity contribution in [3.05, 3.63) is 58.1 Å². The van der Waals surface area contributed by atoms with Gasteiger partial charge in [-0.2, -0.15) is 0 Å². The molecule has 7 heteroatoms. The number of rotatable bonds is 7. The quantitative estimate of drug-likeness (QED) is 0.542. The predicted octanol–water partition coefficient (Wildman–Crippen LogP) is 5.34. The summed E-state index contributed by atoms with van der Waals surface area (Å²) in [5, 5.41) is 15.4. The van der Waals surface area contributed by atoms with Gasteiger partial charge in [0.05, 0.1) is 17.9 Å². The smallest absolute Gasteiger partial charge is 0.221 e. The molecule has 0 radical (unpaired) electrons. The van der Waals surface area contributed by atoms with Crippen LogP contribution in [0.5, 0.6) is 5.75 Å². The first-order valence-electron chi connectivity index (χ1n) is 10.5. The van der Waals surface area contributed by atoms with Gasteiger partial charge >= 0.3 is 0 Å². The SMILES string of the molecule is CC(=O)Nc1cc(Cl)ccc1OCCCN1CCC(O)(c2ccc(Cl)cc2)C(C)(C)C1. The molecule has 1 fully saturated rings. The second kappa shape index (κ2) is 9.78. The molecular weight excluding hydrogens is 435 g/mol. The molecule has 1 aliphatic heterocycles. The van der Waals surface area contributed by atoms with Gasteiger partial charge in [-0.25, -0.2) is 0 Å². The van der Waals surface area contributed by atoms with Crippen LogP contribution < -0.4 is 10.1 Å². The topological polar surface area (TPSA) is 61.8 Å². The zero-order valence-electron chi connectivity index (χ0n) is 18.3. The minimum atomic E-state index is -0.888. The van der Waals surface area contributed by atoms with Crippen LogP contribution in [0.15, 0.2) is 42.5 Å². The fourth-order valence-corrected chi connectivity index (χ4v) is 4.56. The lowest BCUT2D eigenvalue weighted by Gasteiger charge is -2.50. The molecule has 1 heterocycles. The van der Waals surface area contributed by atoms with E-state index in [1.54, 1.807) is 18.2 Å². The van der Waals surface area contributed by atoms with Gasteiger partial charge in [-0.1, -0.05) is 49.2 Å². The van der Waals surface area contributed by atoms with Crippen LogP contribution in [0.1, 0.15) is 39.2 Å². The van der Waals surface area contributed by atoms with Crippen molar-refractivity contribution in [2.75, 3.05) is 31.6 Å². The third-order valence-electron chi connectivity index (χ3n) is 5.98. The Morgan fingerprint density at radius 3 is 2.48 bits per heavy atom. The number of hydrogen-bond donors (Lipinski definition) is 2. The molecule has 0 bridgehead atoms. The van der Waals surface area contributed by atoms with Gasteiger partial charge in [0.2, 0.25) is 5.91 Å². The fraction of sp³-hybridized carbons (Fsp3) is 0.458. The maximum atomic E-state index is 11.5. The lowest BCUT2D eigenvalue weighted by Crippen LogP contribution is -2.55. The molecule has 2 N–H and O–H groups in total. The van der Waals surface area contributed by atoms with E-state index in [1.807, 2.05) is 24.3 Å². The van der Waals surface area contributed by atoms with Crippen LogP contribution in [0, 0.1) is 5.41 Å². The Morgan fingerprint density at radius 1 is 1.16 bits per heavy atom. The van der Waals surface area contributed by atoms with Crippen LogP contribution in [-0.4, -0.2) is 42.2 Å². The van der Waals surface area contributed by atoms with Gasteiger partial charge in [0.1, 0.15) is 5.75 Å². The van der Waals surface area contributed by atoms with Crippen LogP contribution in [0.2, 0.25) is 10.0 Å². The normalized spacial score (nSPS) is 21.0. The number of carbonyl (C=O) groups excluding carboxylic acids is 1. The van der Waals surface area contributed by atoms with Gasteiger partial charge in [-0.15, -0.1) is 0 Å². The number of benzene rings is 2. The highest BCUT2D eigenvalue weighted by Crippen LogP contribution is 2.46. The minimum absolute atomic E-state index is 0.171. The van der Waals surface area contributed by atoms with E-state index in [2.05, 4.69) is 24.1 Å². The van der Waals surface area contributed by atoms with E-state index in [0.717, 1.165) is 31.6 Å². The van der Waals surface area contributed by atoms with Gasteiger partial charge in [-0.05, 0) is 48.7 Å². The summed E-state index contributed by atoms with van der Waals surface area (Å²) >= 11 is 12.0. The number of halogens is 2. The van der Waals surface area contributed by atoms with Gasteiger partial charge in [-0.3, -0.25) is 4.79 Å². The zero-order chi connectivity index (χ0) is 22.6. The van der Waals surface area contributed by atoms with Crippen molar-refractivity contribution in [2.45, 2.75) is 39.2 Å². The van der Waals surface area contributed by atoms with E-state index in [9.17, 15) is 9.90 Å². The van der Waals surface area contributed by atoms with E-state index in [1.165, 1.54) is 6.92 Å². The number of nitrogens with one attached hydrogen (secondary N) is 1. The number of hydrogen-bond acceptors (Lipinski definition) is 4. The Labute approximate surface area is 194 Å². The number of ether oxygens (including phenoxy) is 1. The van der Waals surface area contributed by atoms with E-state index in [-0.39, 0.29) is 11.3 Å². The summed E-state index contributed by atoms with van der Waals surface area (Å²) in [6.45, 7) is 8.64. The molecule has 31 heavy (non-hydrogen) atoms. The minimum Gasteiger partial charge on any atom is -0.491 e. The molecular formula is C24H30Cl2N2O3. The Morgan fingerprint density at radius 2 is 1.84 bits per heavy atom. The summed E-state index contributed by atoms with van der Waals surface area (Å²) < 4.78 is 5.90. The molecule has 1 amide bonds. The highest BCUT2D eigenvalue weighted by Gasteiger charge is 2.48. The standard InChI is InChI=1S/C24H30Cl2N2O3/c1-17(29)27-21-15-20(26)9-10-22(21)31-14-4-12-28-13-11-24(30,23(2,3)16-28)18-5-7-19(25)8-6-18/h5-10,15,30H,4,11-14,16H2,1-3H3,(H,27,29). The molecule has 3 rings (SSSR count). The van der Waals surface area contributed by atoms with Gasteiger partial charge in [0.15, 0.2) is 0 Å². The molecule has 168 valence electrons. The van der Waals surface area contributed by atoms with Crippen molar-refractivity contribution in [3.8, 4) is 5.75 Å². The van der Waals surface area contributed by atoms with Crippen molar-refractivity contribution < 1.29 is 14.6 Å². The molecule has 0 aromatic heterocycles. The van der Waals surface area contributed by atoms with Gasteiger partial charge in [0.25, 0.3) is 0 Å². The van der Waals surface area contributed by atoms with Crippen LogP contribution in [0.3, 0.4) is 0 Å². The third-order valence-corrected chi connectivity index (χ3v) is 6.47. The van der Waals surface area contributed by atoms with E-state index >= 15 is 0 Å².